The standard InChI is InChI=1S/C4H7NO4S/c1-8-4(6)5-2-3-9-10(5)7/h2-3H2,1H3. The molecule has 1 heterocycles. The van der Waals surface area contributed by atoms with Crippen LogP contribution in [0.25, 0.3) is 0 Å². The van der Waals surface area contributed by atoms with Crippen molar-refractivity contribution in [1.29, 1.82) is 0 Å². The smallest absolute Gasteiger partial charge is 0.423 e. The van der Waals surface area contributed by atoms with Crippen LogP contribution in [0.1, 0.15) is 0 Å². The van der Waals surface area contributed by atoms with Gasteiger partial charge >= 0.3 is 6.09 Å². The maximum Gasteiger partial charge on any atom is 0.423 e. The lowest BCUT2D eigenvalue weighted by molar-refractivity contribution is 0.153. The largest absolute Gasteiger partial charge is 0.452 e. The van der Waals surface area contributed by atoms with Crippen molar-refractivity contribution in [1.82, 2.24) is 4.31 Å². The summed E-state index contributed by atoms with van der Waals surface area (Å²) >= 11 is -1.63. The third-order valence-corrected chi connectivity index (χ3v) is 2.10. The van der Waals surface area contributed by atoms with Crippen LogP contribution in [0, 0.1) is 0 Å². The normalized spacial score (nSPS) is 24.9. The Hall–Kier alpha value is -0.620. The SMILES string of the molecule is COC(=O)N1CCOS1=O. The molecule has 1 unspecified atom stereocenters. The summed E-state index contributed by atoms with van der Waals surface area (Å²) < 4.78 is 20.6. The van der Waals surface area contributed by atoms with E-state index >= 15 is 0 Å². The van der Waals surface area contributed by atoms with E-state index in [1.165, 1.54) is 7.11 Å². The number of rotatable bonds is 0. The van der Waals surface area contributed by atoms with Gasteiger partial charge in [-0.25, -0.2) is 13.3 Å². The van der Waals surface area contributed by atoms with Gasteiger partial charge in [0.05, 0.1) is 20.3 Å². The molecule has 0 radical (unpaired) electrons. The van der Waals surface area contributed by atoms with E-state index in [-0.39, 0.29) is 0 Å². The first-order valence-electron chi connectivity index (χ1n) is 2.66. The van der Waals surface area contributed by atoms with Crippen LogP contribution in [0.15, 0.2) is 0 Å². The summed E-state index contributed by atoms with van der Waals surface area (Å²) in [6.45, 7) is 0.640. The van der Waals surface area contributed by atoms with E-state index in [1.54, 1.807) is 0 Å². The minimum atomic E-state index is -1.63. The van der Waals surface area contributed by atoms with E-state index in [0.717, 1.165) is 4.31 Å². The van der Waals surface area contributed by atoms with Crippen molar-refractivity contribution < 1.29 is 17.9 Å². The third-order valence-electron chi connectivity index (χ3n) is 1.04. The zero-order valence-electron chi connectivity index (χ0n) is 5.40. The molecule has 10 heavy (non-hydrogen) atoms. The zero-order chi connectivity index (χ0) is 7.56. The Bertz CT molecular complexity index is 171. The lowest BCUT2D eigenvalue weighted by Gasteiger charge is -2.07. The fourth-order valence-electron chi connectivity index (χ4n) is 0.584. The number of carbonyl (C=O) groups excluding carboxylic acids is 1. The van der Waals surface area contributed by atoms with E-state index in [1.807, 2.05) is 0 Å². The fraction of sp³-hybridized carbons (Fsp3) is 0.750. The van der Waals surface area contributed by atoms with Gasteiger partial charge in [-0.2, -0.15) is 0 Å². The van der Waals surface area contributed by atoms with Gasteiger partial charge in [0.1, 0.15) is 0 Å². The zero-order valence-corrected chi connectivity index (χ0v) is 6.22. The maximum absolute atomic E-state index is 10.7. The van der Waals surface area contributed by atoms with Crippen molar-refractivity contribution >= 4 is 17.4 Å². The van der Waals surface area contributed by atoms with Gasteiger partial charge in [-0.3, -0.25) is 4.18 Å². The molecule has 58 valence electrons. The monoisotopic (exact) mass is 165 g/mol. The van der Waals surface area contributed by atoms with E-state index < -0.39 is 17.4 Å². The molecule has 1 fully saturated rings. The van der Waals surface area contributed by atoms with Gasteiger partial charge < -0.3 is 4.74 Å². The summed E-state index contributed by atoms with van der Waals surface area (Å²) in [5.74, 6) is 0. The summed E-state index contributed by atoms with van der Waals surface area (Å²) in [5.41, 5.74) is 0. The van der Waals surface area contributed by atoms with E-state index in [0.29, 0.717) is 13.2 Å². The number of nitrogens with zero attached hydrogens (tertiary/aromatic N) is 1. The highest BCUT2D eigenvalue weighted by molar-refractivity contribution is 7.78. The van der Waals surface area contributed by atoms with Crippen molar-refractivity contribution in [2.75, 3.05) is 20.3 Å². The Morgan fingerprint density at radius 3 is 2.90 bits per heavy atom. The van der Waals surface area contributed by atoms with Gasteiger partial charge in [-0.1, -0.05) is 0 Å². The molecule has 1 aliphatic heterocycles. The van der Waals surface area contributed by atoms with Gasteiger partial charge in [-0.15, -0.1) is 0 Å². The van der Waals surface area contributed by atoms with Crippen molar-refractivity contribution in [2.24, 2.45) is 0 Å². The molecule has 1 rings (SSSR count). The molecule has 0 saturated carbocycles. The summed E-state index contributed by atoms with van der Waals surface area (Å²) in [4.78, 5) is 10.7. The third kappa shape index (κ3) is 1.27. The van der Waals surface area contributed by atoms with Crippen molar-refractivity contribution in [3.8, 4) is 0 Å². The Morgan fingerprint density at radius 1 is 1.80 bits per heavy atom. The Morgan fingerprint density at radius 2 is 2.50 bits per heavy atom. The van der Waals surface area contributed by atoms with Crippen LogP contribution in [0.4, 0.5) is 4.79 Å². The van der Waals surface area contributed by atoms with Crippen LogP contribution >= 0.6 is 0 Å². The number of amides is 1. The molecule has 1 aliphatic rings. The Kier molecular flexibility index (Phi) is 2.23. The predicted octanol–water partition coefficient (Wildman–Crippen LogP) is -0.336. The Balaban J connectivity index is 2.55. The minimum absolute atomic E-state index is 0.307. The van der Waals surface area contributed by atoms with E-state index in [2.05, 4.69) is 8.92 Å². The molecule has 5 nitrogen and oxygen atoms in total. The summed E-state index contributed by atoms with van der Waals surface area (Å²) in [6, 6.07) is 0. The molecular weight excluding hydrogens is 158 g/mol. The molecule has 1 atom stereocenters. The highest BCUT2D eigenvalue weighted by Crippen LogP contribution is 2.06. The van der Waals surface area contributed by atoms with Crippen molar-refractivity contribution in [3.05, 3.63) is 0 Å². The second kappa shape index (κ2) is 2.98. The van der Waals surface area contributed by atoms with Crippen LogP contribution in [0.5, 0.6) is 0 Å². The van der Waals surface area contributed by atoms with Crippen LogP contribution in [-0.4, -0.2) is 34.9 Å². The number of hydrogen-bond donors (Lipinski definition) is 0. The van der Waals surface area contributed by atoms with Crippen molar-refractivity contribution in [3.63, 3.8) is 0 Å². The molecule has 0 bridgehead atoms. The number of hydrogen-bond acceptors (Lipinski definition) is 4. The van der Waals surface area contributed by atoms with Crippen LogP contribution in [0.2, 0.25) is 0 Å². The van der Waals surface area contributed by atoms with Gasteiger partial charge in [0.2, 0.25) is 0 Å². The topological polar surface area (TPSA) is 55.8 Å². The summed E-state index contributed by atoms with van der Waals surface area (Å²) in [5, 5.41) is 0. The van der Waals surface area contributed by atoms with Crippen molar-refractivity contribution in [2.45, 2.75) is 0 Å². The molecule has 1 saturated heterocycles. The average molecular weight is 165 g/mol. The van der Waals surface area contributed by atoms with Crippen LogP contribution < -0.4 is 0 Å². The number of methoxy groups -OCH3 is 1. The van der Waals surface area contributed by atoms with E-state index in [9.17, 15) is 9.00 Å². The number of ether oxygens (including phenoxy) is 1. The second-order valence-electron chi connectivity index (χ2n) is 1.61. The van der Waals surface area contributed by atoms with Crippen LogP contribution in [0.3, 0.4) is 0 Å². The fourth-order valence-corrected chi connectivity index (χ4v) is 1.35. The van der Waals surface area contributed by atoms with Gasteiger partial charge in [-0.05, 0) is 0 Å². The molecule has 0 N–H and O–H groups in total. The molecule has 0 aromatic rings. The van der Waals surface area contributed by atoms with Gasteiger partial charge in [0.25, 0.3) is 11.3 Å². The quantitative estimate of drug-likeness (QED) is 0.493. The molecule has 0 aromatic heterocycles. The molecule has 0 aliphatic carbocycles. The van der Waals surface area contributed by atoms with Gasteiger partial charge in [0.15, 0.2) is 0 Å². The van der Waals surface area contributed by atoms with E-state index in [4.69, 9.17) is 0 Å². The summed E-state index contributed by atoms with van der Waals surface area (Å²) in [7, 11) is 1.23. The first-order valence-corrected chi connectivity index (χ1v) is 3.69. The predicted molar refractivity (Wildman–Crippen MR) is 33.2 cm³/mol. The number of carbonyl (C=O) groups is 1. The first kappa shape index (κ1) is 7.49. The molecule has 0 aromatic carbocycles. The molecule has 6 heteroatoms. The maximum atomic E-state index is 10.7. The first-order chi connectivity index (χ1) is 4.75. The highest BCUT2D eigenvalue weighted by atomic mass is 32.2. The molecular formula is C4H7NO4S. The average Bonchev–Trinajstić information content (AvgIpc) is 2.34. The Labute approximate surface area is 60.7 Å². The van der Waals surface area contributed by atoms with Gasteiger partial charge in [0, 0.05) is 0 Å². The summed E-state index contributed by atoms with van der Waals surface area (Å²) in [6.07, 6.45) is -0.615. The highest BCUT2D eigenvalue weighted by Gasteiger charge is 2.27. The lowest BCUT2D eigenvalue weighted by Crippen LogP contribution is -2.28. The van der Waals surface area contributed by atoms with Crippen LogP contribution in [-0.2, 0) is 20.2 Å². The molecule has 0 spiro atoms. The second-order valence-corrected chi connectivity index (χ2v) is 2.72. The molecule has 1 amide bonds. The minimum Gasteiger partial charge on any atom is -0.452 e. The lowest BCUT2D eigenvalue weighted by atomic mass is 10.7.